The van der Waals surface area contributed by atoms with Gasteiger partial charge in [-0.2, -0.15) is 0 Å². The van der Waals surface area contributed by atoms with Crippen LogP contribution in [0.2, 0.25) is 0 Å². The number of nitrogens with zero attached hydrogens (tertiary/aromatic N) is 1. The van der Waals surface area contributed by atoms with Gasteiger partial charge in [0.05, 0.1) is 30.9 Å². The first-order valence-corrected chi connectivity index (χ1v) is 10.0. The van der Waals surface area contributed by atoms with Gasteiger partial charge in [0.2, 0.25) is 11.8 Å². The molecule has 1 fully saturated rings. The largest absolute Gasteiger partial charge is 0.497 e. The number of anilines is 2. The van der Waals surface area contributed by atoms with Gasteiger partial charge in [0.1, 0.15) is 5.75 Å². The predicted octanol–water partition coefficient (Wildman–Crippen LogP) is 3.64. The third kappa shape index (κ3) is 4.97. The first kappa shape index (κ1) is 21.4. The van der Waals surface area contributed by atoms with Gasteiger partial charge in [-0.15, -0.1) is 0 Å². The molecule has 1 aliphatic rings. The van der Waals surface area contributed by atoms with Crippen LogP contribution in [0.15, 0.2) is 48.5 Å². The molecule has 0 aliphatic carbocycles. The number of nitrogens with one attached hydrogen (secondary N) is 1. The molecule has 1 atom stereocenters. The van der Waals surface area contributed by atoms with Gasteiger partial charge in [0, 0.05) is 18.7 Å². The monoisotopic (exact) mass is 410 g/mol. The molecule has 30 heavy (non-hydrogen) atoms. The van der Waals surface area contributed by atoms with E-state index < -0.39 is 11.9 Å². The number of esters is 1. The van der Waals surface area contributed by atoms with Gasteiger partial charge < -0.3 is 19.7 Å². The van der Waals surface area contributed by atoms with Crippen molar-refractivity contribution < 1.29 is 23.9 Å². The van der Waals surface area contributed by atoms with Gasteiger partial charge >= 0.3 is 5.97 Å². The molecule has 3 rings (SSSR count). The fourth-order valence-corrected chi connectivity index (χ4v) is 3.29. The molecule has 1 aliphatic heterocycles. The van der Waals surface area contributed by atoms with Crippen LogP contribution in [0.3, 0.4) is 0 Å². The van der Waals surface area contributed by atoms with E-state index in [1.807, 2.05) is 6.92 Å². The van der Waals surface area contributed by atoms with E-state index in [1.54, 1.807) is 60.5 Å². The molecule has 0 radical (unpaired) electrons. The summed E-state index contributed by atoms with van der Waals surface area (Å²) in [6, 6.07) is 13.9. The summed E-state index contributed by atoms with van der Waals surface area (Å²) < 4.78 is 10.4. The molecule has 0 aromatic heterocycles. The number of carbonyl (C=O) groups excluding carboxylic acids is 3. The molecule has 158 valence electrons. The Morgan fingerprint density at radius 2 is 1.87 bits per heavy atom. The number of hydrogen-bond donors (Lipinski definition) is 1. The summed E-state index contributed by atoms with van der Waals surface area (Å²) in [5, 5.41) is 2.80. The van der Waals surface area contributed by atoms with E-state index in [0.29, 0.717) is 23.6 Å². The van der Waals surface area contributed by atoms with E-state index in [0.717, 1.165) is 18.5 Å². The second-order valence-electron chi connectivity index (χ2n) is 7.13. The van der Waals surface area contributed by atoms with Crippen molar-refractivity contribution in [2.75, 3.05) is 30.5 Å². The predicted molar refractivity (Wildman–Crippen MR) is 114 cm³/mol. The number of amides is 2. The zero-order valence-electron chi connectivity index (χ0n) is 17.2. The number of carbonyl (C=O) groups is 3. The second-order valence-corrected chi connectivity index (χ2v) is 7.13. The Balaban J connectivity index is 1.66. The summed E-state index contributed by atoms with van der Waals surface area (Å²) in [6.07, 6.45) is 1.82. The first-order chi connectivity index (χ1) is 14.5. The minimum atomic E-state index is -0.510. The van der Waals surface area contributed by atoms with Gasteiger partial charge in [-0.05, 0) is 42.8 Å². The average molecular weight is 410 g/mol. The highest BCUT2D eigenvalue weighted by Gasteiger charge is 2.35. The zero-order valence-corrected chi connectivity index (χ0v) is 17.2. The summed E-state index contributed by atoms with van der Waals surface area (Å²) in [4.78, 5) is 39.2. The molecule has 7 nitrogen and oxygen atoms in total. The standard InChI is InChI=1S/C23H26N2O5/c1-3-4-13-30-23(28)19-7-5-6-8-20(19)24-22(27)16-14-21(26)25(15-16)17-9-11-18(29-2)12-10-17/h5-12,16H,3-4,13-15H2,1-2H3,(H,24,27). The lowest BCUT2D eigenvalue weighted by molar-refractivity contribution is -0.122. The van der Waals surface area contributed by atoms with Crippen molar-refractivity contribution >= 4 is 29.2 Å². The van der Waals surface area contributed by atoms with Crippen LogP contribution >= 0.6 is 0 Å². The van der Waals surface area contributed by atoms with Crippen molar-refractivity contribution in [1.82, 2.24) is 0 Å². The Bertz CT molecular complexity index is 910. The summed E-state index contributed by atoms with van der Waals surface area (Å²) in [5.74, 6) is -0.701. The molecule has 2 aromatic rings. The lowest BCUT2D eigenvalue weighted by atomic mass is 10.1. The van der Waals surface area contributed by atoms with Gasteiger partial charge in [-0.25, -0.2) is 4.79 Å². The van der Waals surface area contributed by atoms with Crippen molar-refractivity contribution in [1.29, 1.82) is 0 Å². The molecule has 1 unspecified atom stereocenters. The maximum atomic E-state index is 12.8. The normalized spacial score (nSPS) is 15.7. The third-order valence-electron chi connectivity index (χ3n) is 5.02. The number of unbranched alkanes of at least 4 members (excludes halogenated alkanes) is 1. The van der Waals surface area contributed by atoms with Crippen molar-refractivity contribution in [3.8, 4) is 5.75 Å². The van der Waals surface area contributed by atoms with Crippen LogP contribution in [0, 0.1) is 5.92 Å². The third-order valence-corrected chi connectivity index (χ3v) is 5.02. The smallest absolute Gasteiger partial charge is 0.340 e. The highest BCUT2D eigenvalue weighted by molar-refractivity contribution is 6.06. The molecule has 1 N–H and O–H groups in total. The molecule has 2 amide bonds. The SMILES string of the molecule is CCCCOC(=O)c1ccccc1NC(=O)C1CC(=O)N(c2ccc(OC)cc2)C1. The van der Waals surface area contributed by atoms with Crippen LogP contribution in [-0.2, 0) is 14.3 Å². The quantitative estimate of drug-likeness (QED) is 0.530. The van der Waals surface area contributed by atoms with Crippen LogP contribution in [0.5, 0.6) is 5.75 Å². The van der Waals surface area contributed by atoms with E-state index in [1.165, 1.54) is 0 Å². The average Bonchev–Trinajstić information content (AvgIpc) is 3.16. The van der Waals surface area contributed by atoms with E-state index in [-0.39, 0.29) is 24.8 Å². The maximum Gasteiger partial charge on any atom is 0.340 e. The Kier molecular flexibility index (Phi) is 7.06. The molecule has 1 saturated heterocycles. The van der Waals surface area contributed by atoms with Crippen LogP contribution in [0.4, 0.5) is 11.4 Å². The number of ether oxygens (including phenoxy) is 2. The van der Waals surface area contributed by atoms with Gasteiger partial charge in [0.15, 0.2) is 0 Å². The van der Waals surface area contributed by atoms with Gasteiger partial charge in [-0.3, -0.25) is 9.59 Å². The van der Waals surface area contributed by atoms with Crippen LogP contribution in [0.1, 0.15) is 36.5 Å². The topological polar surface area (TPSA) is 84.9 Å². The zero-order chi connectivity index (χ0) is 21.5. The molecule has 7 heteroatoms. The molecule has 2 aromatic carbocycles. The Hall–Kier alpha value is -3.35. The number of benzene rings is 2. The molecule has 0 bridgehead atoms. The van der Waals surface area contributed by atoms with Gasteiger partial charge in [0.25, 0.3) is 0 Å². The lowest BCUT2D eigenvalue weighted by Gasteiger charge is -2.17. The van der Waals surface area contributed by atoms with Crippen molar-refractivity contribution in [3.63, 3.8) is 0 Å². The molecular formula is C23H26N2O5. The van der Waals surface area contributed by atoms with E-state index in [9.17, 15) is 14.4 Å². The van der Waals surface area contributed by atoms with Crippen molar-refractivity contribution in [3.05, 3.63) is 54.1 Å². The summed E-state index contributed by atoms with van der Waals surface area (Å²) in [7, 11) is 1.58. The van der Waals surface area contributed by atoms with Crippen LogP contribution in [-0.4, -0.2) is 38.0 Å². The Morgan fingerprint density at radius 3 is 2.57 bits per heavy atom. The fraction of sp³-hybridized carbons (Fsp3) is 0.348. The highest BCUT2D eigenvalue weighted by Crippen LogP contribution is 2.28. The van der Waals surface area contributed by atoms with Crippen molar-refractivity contribution in [2.45, 2.75) is 26.2 Å². The fourth-order valence-electron chi connectivity index (χ4n) is 3.29. The van der Waals surface area contributed by atoms with Crippen molar-refractivity contribution in [2.24, 2.45) is 5.92 Å². The lowest BCUT2D eigenvalue weighted by Crippen LogP contribution is -2.28. The van der Waals surface area contributed by atoms with E-state index >= 15 is 0 Å². The minimum absolute atomic E-state index is 0.112. The molecule has 1 heterocycles. The number of para-hydroxylation sites is 1. The Labute approximate surface area is 176 Å². The molecule has 0 saturated carbocycles. The summed E-state index contributed by atoms with van der Waals surface area (Å²) >= 11 is 0. The first-order valence-electron chi connectivity index (χ1n) is 10.0. The van der Waals surface area contributed by atoms with E-state index in [4.69, 9.17) is 9.47 Å². The summed E-state index contributed by atoms with van der Waals surface area (Å²) in [6.45, 7) is 2.63. The minimum Gasteiger partial charge on any atom is -0.497 e. The van der Waals surface area contributed by atoms with E-state index in [2.05, 4.69) is 5.32 Å². The maximum absolute atomic E-state index is 12.8. The highest BCUT2D eigenvalue weighted by atomic mass is 16.5. The molecular weight excluding hydrogens is 384 g/mol. The number of methoxy groups -OCH3 is 1. The Morgan fingerprint density at radius 1 is 1.13 bits per heavy atom. The number of rotatable bonds is 8. The molecule has 0 spiro atoms. The van der Waals surface area contributed by atoms with Crippen LogP contribution < -0.4 is 15.0 Å². The number of hydrogen-bond acceptors (Lipinski definition) is 5. The second kappa shape index (κ2) is 9.91. The van der Waals surface area contributed by atoms with Crippen LogP contribution in [0.25, 0.3) is 0 Å². The van der Waals surface area contributed by atoms with Gasteiger partial charge in [-0.1, -0.05) is 25.5 Å². The summed E-state index contributed by atoms with van der Waals surface area (Å²) in [5.41, 5.74) is 1.41.